The van der Waals surface area contributed by atoms with Crippen LogP contribution in [0.2, 0.25) is 0 Å². The predicted molar refractivity (Wildman–Crippen MR) is 120 cm³/mol. The van der Waals surface area contributed by atoms with Crippen molar-refractivity contribution in [3.8, 4) is 5.75 Å². The van der Waals surface area contributed by atoms with Gasteiger partial charge in [-0.05, 0) is 43.1 Å². The molecular weight excluding hydrogens is 451 g/mol. The average Bonchev–Trinajstić information content (AvgIpc) is 3.31. The van der Waals surface area contributed by atoms with Gasteiger partial charge >= 0.3 is 0 Å². The van der Waals surface area contributed by atoms with Crippen molar-refractivity contribution < 1.29 is 17.5 Å². The number of anilines is 1. The number of hydrogen-bond donors (Lipinski definition) is 1. The second-order valence-electron chi connectivity index (χ2n) is 8.01. The Balaban J connectivity index is 1.44. The summed E-state index contributed by atoms with van der Waals surface area (Å²) in [6, 6.07) is 12.1. The van der Waals surface area contributed by atoms with E-state index in [0.717, 1.165) is 54.9 Å². The molecule has 1 N–H and O–H groups in total. The number of likely N-dealkylation sites (tertiary alicyclic amines) is 1. The second-order valence-corrected chi connectivity index (χ2v) is 10.5. The third-order valence-corrected chi connectivity index (χ3v) is 8.13. The molecule has 5 rings (SSSR count). The molecule has 3 heterocycles. The highest BCUT2D eigenvalue weighted by Crippen LogP contribution is 2.44. The number of aromatic nitrogens is 2. The third-order valence-electron chi connectivity index (χ3n) is 6.09. The smallest absolute Gasteiger partial charge is 0.263 e. The van der Waals surface area contributed by atoms with Crippen LogP contribution in [0.25, 0.3) is 0 Å². The lowest BCUT2D eigenvalue weighted by Gasteiger charge is -2.43. The van der Waals surface area contributed by atoms with Gasteiger partial charge in [0.15, 0.2) is 0 Å². The third kappa shape index (κ3) is 4.22. The fraction of sp³-hybridized carbons (Fsp3) is 0.364. The Morgan fingerprint density at radius 1 is 1.09 bits per heavy atom. The first kappa shape index (κ1) is 21.3. The Hall–Kier alpha value is -2.56. The van der Waals surface area contributed by atoms with Gasteiger partial charge in [-0.2, -0.15) is 4.37 Å². The molecule has 2 atom stereocenters. The van der Waals surface area contributed by atoms with E-state index < -0.39 is 10.0 Å². The van der Waals surface area contributed by atoms with Crippen molar-refractivity contribution in [2.45, 2.75) is 42.7 Å². The number of hydrogen-bond acceptors (Lipinski definition) is 7. The van der Waals surface area contributed by atoms with Gasteiger partial charge in [0.1, 0.15) is 17.9 Å². The molecule has 1 fully saturated rings. The maximum atomic E-state index is 13.5. The van der Waals surface area contributed by atoms with E-state index in [2.05, 4.69) is 19.0 Å². The molecule has 10 heteroatoms. The van der Waals surface area contributed by atoms with Crippen molar-refractivity contribution in [1.29, 1.82) is 0 Å². The van der Waals surface area contributed by atoms with Gasteiger partial charge in [0, 0.05) is 41.7 Å². The molecule has 0 aliphatic carbocycles. The maximum Gasteiger partial charge on any atom is 0.263 e. The molecule has 0 bridgehead atoms. The summed E-state index contributed by atoms with van der Waals surface area (Å²) < 4.78 is 51.1. The van der Waals surface area contributed by atoms with E-state index in [1.807, 2.05) is 18.2 Å². The summed E-state index contributed by atoms with van der Waals surface area (Å²) in [5.74, 6) is 0.355. The average molecular weight is 475 g/mol. The molecule has 0 amide bonds. The van der Waals surface area contributed by atoms with Crippen LogP contribution in [0.1, 0.15) is 48.9 Å². The Morgan fingerprint density at radius 3 is 2.72 bits per heavy atom. The number of benzene rings is 2. The van der Waals surface area contributed by atoms with Crippen LogP contribution >= 0.6 is 11.5 Å². The minimum Gasteiger partial charge on any atom is -0.493 e. The molecular formula is C22H23FN4O3S2. The number of piperidine rings is 1. The van der Waals surface area contributed by atoms with Gasteiger partial charge in [0.05, 0.1) is 11.5 Å². The molecule has 3 aromatic rings. The quantitative estimate of drug-likeness (QED) is 0.585. The molecule has 2 aliphatic rings. The number of fused-ring (bicyclic) bond motifs is 1. The molecule has 0 spiro atoms. The first-order chi connectivity index (χ1) is 15.5. The molecule has 32 heavy (non-hydrogen) atoms. The van der Waals surface area contributed by atoms with Crippen molar-refractivity contribution in [1.82, 2.24) is 14.3 Å². The van der Waals surface area contributed by atoms with E-state index in [9.17, 15) is 12.8 Å². The molecule has 2 aromatic carbocycles. The zero-order valence-corrected chi connectivity index (χ0v) is 18.9. The van der Waals surface area contributed by atoms with E-state index in [1.165, 1.54) is 18.5 Å². The topological polar surface area (TPSA) is 84.4 Å². The number of halogens is 1. The van der Waals surface area contributed by atoms with Crippen molar-refractivity contribution in [3.05, 3.63) is 65.7 Å². The first-order valence-electron chi connectivity index (χ1n) is 10.6. The molecule has 0 radical (unpaired) electrons. The van der Waals surface area contributed by atoms with Crippen molar-refractivity contribution >= 4 is 26.7 Å². The largest absolute Gasteiger partial charge is 0.493 e. The van der Waals surface area contributed by atoms with E-state index in [1.54, 1.807) is 12.1 Å². The Bertz CT molecular complexity index is 1190. The highest BCUT2D eigenvalue weighted by atomic mass is 32.2. The monoisotopic (exact) mass is 474 g/mol. The van der Waals surface area contributed by atoms with E-state index in [4.69, 9.17) is 4.74 Å². The number of ether oxygens (including phenoxy) is 1. The van der Waals surface area contributed by atoms with Gasteiger partial charge in [-0.3, -0.25) is 9.62 Å². The minimum atomic E-state index is -3.79. The number of nitrogens with zero attached hydrogens (tertiary/aromatic N) is 3. The van der Waals surface area contributed by atoms with Crippen LogP contribution in [-0.4, -0.2) is 35.8 Å². The highest BCUT2D eigenvalue weighted by molar-refractivity contribution is 7.93. The van der Waals surface area contributed by atoms with Crippen LogP contribution in [0.15, 0.2) is 53.7 Å². The van der Waals surface area contributed by atoms with Gasteiger partial charge in [-0.1, -0.05) is 24.6 Å². The summed E-state index contributed by atoms with van der Waals surface area (Å²) in [6.07, 6.45) is 5.36. The summed E-state index contributed by atoms with van der Waals surface area (Å²) >= 11 is 0.979. The Kier molecular flexibility index (Phi) is 5.83. The maximum absolute atomic E-state index is 13.5. The summed E-state index contributed by atoms with van der Waals surface area (Å²) in [6.45, 7) is 1.45. The van der Waals surface area contributed by atoms with Crippen molar-refractivity contribution in [2.24, 2.45) is 0 Å². The normalized spacial score (nSPS) is 21.5. The van der Waals surface area contributed by atoms with Gasteiger partial charge in [0.2, 0.25) is 5.13 Å². The van der Waals surface area contributed by atoms with Crippen LogP contribution in [0.3, 0.4) is 0 Å². The fourth-order valence-corrected chi connectivity index (χ4v) is 6.30. The zero-order chi connectivity index (χ0) is 22.1. The lowest BCUT2D eigenvalue weighted by Crippen LogP contribution is -2.38. The number of nitrogens with one attached hydrogen (secondary N) is 1. The van der Waals surface area contributed by atoms with Gasteiger partial charge in [-0.15, -0.1) is 0 Å². The van der Waals surface area contributed by atoms with Crippen LogP contribution in [0.5, 0.6) is 5.75 Å². The molecule has 168 valence electrons. The first-order valence-corrected chi connectivity index (χ1v) is 12.8. The lowest BCUT2D eigenvalue weighted by molar-refractivity contribution is 0.0668. The Morgan fingerprint density at radius 2 is 1.94 bits per heavy atom. The fourth-order valence-electron chi connectivity index (χ4n) is 4.62. The van der Waals surface area contributed by atoms with Crippen LogP contribution in [-0.2, 0) is 10.0 Å². The molecule has 1 saturated heterocycles. The molecule has 0 saturated carbocycles. The van der Waals surface area contributed by atoms with Gasteiger partial charge in [-0.25, -0.2) is 17.8 Å². The summed E-state index contributed by atoms with van der Waals surface area (Å²) in [5.41, 5.74) is 2.10. The molecule has 2 aliphatic heterocycles. The SMILES string of the molecule is O=S(=O)(Nc1ncns1)c1ccc2c(c1)OCC[C@H]2N1CCCC[C@@H]1c1ccc(F)cc1. The van der Waals surface area contributed by atoms with Gasteiger partial charge < -0.3 is 4.74 Å². The Labute approximate surface area is 190 Å². The lowest BCUT2D eigenvalue weighted by atomic mass is 9.89. The zero-order valence-electron chi connectivity index (χ0n) is 17.3. The van der Waals surface area contributed by atoms with E-state index >= 15 is 0 Å². The van der Waals surface area contributed by atoms with Crippen LogP contribution < -0.4 is 9.46 Å². The molecule has 1 aromatic heterocycles. The van der Waals surface area contributed by atoms with Crippen LogP contribution in [0.4, 0.5) is 9.52 Å². The number of sulfonamides is 1. The van der Waals surface area contributed by atoms with Crippen molar-refractivity contribution in [3.63, 3.8) is 0 Å². The standard InChI is InChI=1S/C22H23FN4O3S2/c23-16-6-4-15(5-7-16)19-3-1-2-11-27(19)20-10-12-30-21-13-17(8-9-18(20)21)32(28,29)26-22-24-14-25-31-22/h4-9,13-14,19-20H,1-3,10-12H2,(H,24,25,26)/t19-,20-/m1/s1. The predicted octanol–water partition coefficient (Wildman–Crippen LogP) is 4.53. The summed E-state index contributed by atoms with van der Waals surface area (Å²) in [4.78, 5) is 6.48. The molecule has 0 unspecified atom stereocenters. The number of rotatable bonds is 5. The summed E-state index contributed by atoms with van der Waals surface area (Å²) in [7, 11) is -3.79. The molecule has 7 nitrogen and oxygen atoms in total. The second kappa shape index (κ2) is 8.76. The minimum absolute atomic E-state index is 0.113. The van der Waals surface area contributed by atoms with Crippen molar-refractivity contribution in [2.75, 3.05) is 17.9 Å². The van der Waals surface area contributed by atoms with Gasteiger partial charge in [0.25, 0.3) is 10.0 Å². The highest BCUT2D eigenvalue weighted by Gasteiger charge is 2.34. The summed E-state index contributed by atoms with van der Waals surface area (Å²) in [5, 5.41) is 0.219. The van der Waals surface area contributed by atoms with E-state index in [-0.39, 0.29) is 27.9 Å². The van der Waals surface area contributed by atoms with E-state index in [0.29, 0.717) is 12.4 Å². The van der Waals surface area contributed by atoms with Crippen LogP contribution in [0, 0.1) is 5.82 Å².